The summed E-state index contributed by atoms with van der Waals surface area (Å²) in [7, 11) is 1.66. The lowest BCUT2D eigenvalue weighted by Gasteiger charge is -2.26. The summed E-state index contributed by atoms with van der Waals surface area (Å²) in [5, 5.41) is 3.33. The molecule has 0 aliphatic carbocycles. The molecule has 0 aromatic heterocycles. The van der Waals surface area contributed by atoms with Crippen molar-refractivity contribution in [2.24, 2.45) is 5.41 Å². The summed E-state index contributed by atoms with van der Waals surface area (Å²) in [5.74, 6) is 1.13. The van der Waals surface area contributed by atoms with Gasteiger partial charge in [0.15, 0.2) is 5.78 Å². The molecule has 1 atom stereocenters. The first-order chi connectivity index (χ1) is 9.04. The zero-order valence-electron chi connectivity index (χ0n) is 12.3. The van der Waals surface area contributed by atoms with E-state index in [1.807, 2.05) is 26.0 Å². The van der Waals surface area contributed by atoms with Crippen LogP contribution in [0.2, 0.25) is 0 Å². The van der Waals surface area contributed by atoms with E-state index in [1.54, 1.807) is 7.11 Å². The van der Waals surface area contributed by atoms with E-state index in [4.69, 9.17) is 4.74 Å². The van der Waals surface area contributed by atoms with Crippen molar-refractivity contribution in [2.75, 3.05) is 20.2 Å². The molecule has 0 saturated carbocycles. The highest BCUT2D eigenvalue weighted by atomic mass is 16.5. The fourth-order valence-corrected chi connectivity index (χ4v) is 2.94. The fourth-order valence-electron chi connectivity index (χ4n) is 2.94. The molecule has 3 nitrogen and oxygen atoms in total. The first-order valence-corrected chi connectivity index (χ1v) is 6.95. The van der Waals surface area contributed by atoms with E-state index >= 15 is 0 Å². The van der Waals surface area contributed by atoms with Gasteiger partial charge in [-0.15, -0.1) is 0 Å². The number of hydrogen-bond donors (Lipinski definition) is 1. The van der Waals surface area contributed by atoms with Crippen LogP contribution < -0.4 is 10.1 Å². The minimum atomic E-state index is -0.216. The van der Waals surface area contributed by atoms with Gasteiger partial charge in [0.2, 0.25) is 0 Å². The van der Waals surface area contributed by atoms with E-state index in [9.17, 15) is 4.79 Å². The molecule has 0 amide bonds. The van der Waals surface area contributed by atoms with Crippen LogP contribution in [-0.2, 0) is 0 Å². The molecule has 1 aromatic carbocycles. The number of carbonyl (C=O) groups excluding carboxylic acids is 1. The summed E-state index contributed by atoms with van der Waals surface area (Å²) in [4.78, 5) is 12.9. The summed E-state index contributed by atoms with van der Waals surface area (Å²) in [6.07, 6.45) is 1.83. The summed E-state index contributed by atoms with van der Waals surface area (Å²) in [6.45, 7) is 7.82. The van der Waals surface area contributed by atoms with Gasteiger partial charge in [-0.3, -0.25) is 4.79 Å². The Labute approximate surface area is 115 Å². The molecule has 1 heterocycles. The second-order valence-electron chi connectivity index (χ2n) is 5.53. The van der Waals surface area contributed by atoms with Gasteiger partial charge >= 0.3 is 0 Å². The number of carbonyl (C=O) groups is 1. The maximum atomic E-state index is 12.9. The second-order valence-corrected chi connectivity index (χ2v) is 5.53. The number of Topliss-reactive ketones (excluding diaryl/α,β-unsaturated/α-hetero) is 1. The van der Waals surface area contributed by atoms with Crippen molar-refractivity contribution in [2.45, 2.75) is 33.6 Å². The van der Waals surface area contributed by atoms with Crippen LogP contribution in [0.25, 0.3) is 0 Å². The standard InChI is InChI=1S/C16H23NO2/c1-5-16(6-7-17-10-16)15(18)13-8-12(3)14(19-4)9-11(13)2/h8-9,17H,5-7,10H2,1-4H3. The third-order valence-electron chi connectivity index (χ3n) is 4.39. The first kappa shape index (κ1) is 14.1. The number of methoxy groups -OCH3 is 1. The minimum absolute atomic E-state index is 0.216. The summed E-state index contributed by atoms with van der Waals surface area (Å²) in [5.41, 5.74) is 2.66. The van der Waals surface area contributed by atoms with E-state index in [0.717, 1.165) is 48.4 Å². The smallest absolute Gasteiger partial charge is 0.170 e. The molecule has 2 rings (SSSR count). The average Bonchev–Trinajstić information content (AvgIpc) is 2.90. The zero-order chi connectivity index (χ0) is 14.0. The Kier molecular flexibility index (Phi) is 3.95. The van der Waals surface area contributed by atoms with Gasteiger partial charge in [0, 0.05) is 17.5 Å². The third kappa shape index (κ3) is 2.39. The number of ketones is 1. The second kappa shape index (κ2) is 5.33. The lowest BCUT2D eigenvalue weighted by Crippen LogP contribution is -2.33. The number of hydrogen-bond acceptors (Lipinski definition) is 3. The van der Waals surface area contributed by atoms with Gasteiger partial charge in [-0.05, 0) is 56.5 Å². The van der Waals surface area contributed by atoms with Crippen molar-refractivity contribution < 1.29 is 9.53 Å². The lowest BCUT2D eigenvalue weighted by atomic mass is 9.76. The van der Waals surface area contributed by atoms with Crippen LogP contribution in [0.15, 0.2) is 12.1 Å². The Bertz CT molecular complexity index is 488. The third-order valence-corrected chi connectivity index (χ3v) is 4.39. The molecule has 3 heteroatoms. The van der Waals surface area contributed by atoms with Crippen molar-refractivity contribution in [3.05, 3.63) is 28.8 Å². The molecule has 0 spiro atoms. The van der Waals surface area contributed by atoms with Crippen LogP contribution in [0.4, 0.5) is 0 Å². The maximum Gasteiger partial charge on any atom is 0.170 e. The van der Waals surface area contributed by atoms with Crippen LogP contribution in [0.3, 0.4) is 0 Å². The molecule has 1 aliphatic rings. The van der Waals surface area contributed by atoms with Gasteiger partial charge < -0.3 is 10.1 Å². The molecule has 1 saturated heterocycles. The Balaban J connectivity index is 2.41. The molecule has 0 bridgehead atoms. The number of rotatable bonds is 4. The SMILES string of the molecule is CCC1(C(=O)c2cc(C)c(OC)cc2C)CCNC1. The average molecular weight is 261 g/mol. The highest BCUT2D eigenvalue weighted by molar-refractivity contribution is 6.02. The summed E-state index contributed by atoms with van der Waals surface area (Å²) < 4.78 is 5.31. The van der Waals surface area contributed by atoms with Crippen molar-refractivity contribution in [1.82, 2.24) is 5.32 Å². The van der Waals surface area contributed by atoms with E-state index in [-0.39, 0.29) is 11.2 Å². The Morgan fingerprint density at radius 3 is 2.63 bits per heavy atom. The highest BCUT2D eigenvalue weighted by Gasteiger charge is 2.40. The van der Waals surface area contributed by atoms with Crippen molar-refractivity contribution >= 4 is 5.78 Å². The molecular weight excluding hydrogens is 238 g/mol. The van der Waals surface area contributed by atoms with E-state index < -0.39 is 0 Å². The van der Waals surface area contributed by atoms with Crippen molar-refractivity contribution in [3.8, 4) is 5.75 Å². The van der Waals surface area contributed by atoms with Crippen LogP contribution in [-0.4, -0.2) is 26.0 Å². The molecule has 0 radical (unpaired) electrons. The number of nitrogens with one attached hydrogen (secondary N) is 1. The number of ether oxygens (including phenoxy) is 1. The monoisotopic (exact) mass is 261 g/mol. The highest BCUT2D eigenvalue weighted by Crippen LogP contribution is 2.35. The maximum absolute atomic E-state index is 12.9. The number of benzene rings is 1. The van der Waals surface area contributed by atoms with Crippen LogP contribution in [0.5, 0.6) is 5.75 Å². The van der Waals surface area contributed by atoms with Crippen molar-refractivity contribution in [1.29, 1.82) is 0 Å². The van der Waals surface area contributed by atoms with E-state index in [1.165, 1.54) is 0 Å². The van der Waals surface area contributed by atoms with Gasteiger partial charge in [-0.25, -0.2) is 0 Å². The quantitative estimate of drug-likeness (QED) is 0.847. The molecule has 104 valence electrons. The van der Waals surface area contributed by atoms with Crippen LogP contribution in [0, 0.1) is 19.3 Å². The molecule has 19 heavy (non-hydrogen) atoms. The predicted molar refractivity (Wildman–Crippen MR) is 77.0 cm³/mol. The summed E-state index contributed by atoms with van der Waals surface area (Å²) >= 11 is 0. The Morgan fingerprint density at radius 1 is 1.37 bits per heavy atom. The van der Waals surface area contributed by atoms with Gasteiger partial charge in [0.05, 0.1) is 7.11 Å². The largest absolute Gasteiger partial charge is 0.496 e. The molecule has 1 aromatic rings. The molecule has 1 unspecified atom stereocenters. The van der Waals surface area contributed by atoms with E-state index in [2.05, 4.69) is 12.2 Å². The van der Waals surface area contributed by atoms with Gasteiger partial charge in [-0.2, -0.15) is 0 Å². The predicted octanol–water partition coefficient (Wildman–Crippen LogP) is 2.88. The normalized spacial score (nSPS) is 22.5. The zero-order valence-corrected chi connectivity index (χ0v) is 12.3. The molecule has 1 N–H and O–H groups in total. The lowest BCUT2D eigenvalue weighted by molar-refractivity contribution is 0.0809. The Morgan fingerprint density at radius 2 is 2.11 bits per heavy atom. The van der Waals surface area contributed by atoms with Gasteiger partial charge in [-0.1, -0.05) is 6.92 Å². The van der Waals surface area contributed by atoms with Crippen molar-refractivity contribution in [3.63, 3.8) is 0 Å². The van der Waals surface area contributed by atoms with Gasteiger partial charge in [0.1, 0.15) is 5.75 Å². The fraction of sp³-hybridized carbons (Fsp3) is 0.562. The van der Waals surface area contributed by atoms with Gasteiger partial charge in [0.25, 0.3) is 0 Å². The van der Waals surface area contributed by atoms with E-state index in [0.29, 0.717) is 0 Å². The molecule has 1 aliphatic heterocycles. The molecular formula is C16H23NO2. The number of aryl methyl sites for hydroxylation is 2. The minimum Gasteiger partial charge on any atom is -0.496 e. The van der Waals surface area contributed by atoms with Crippen LogP contribution in [0.1, 0.15) is 41.3 Å². The summed E-state index contributed by atoms with van der Waals surface area (Å²) in [6, 6.07) is 3.94. The first-order valence-electron chi connectivity index (χ1n) is 6.95. The Hall–Kier alpha value is -1.35. The van der Waals surface area contributed by atoms with Crippen LogP contribution >= 0.6 is 0 Å². The molecule has 1 fully saturated rings. The topological polar surface area (TPSA) is 38.3 Å².